The normalized spacial score (nSPS) is 14.8. The molecular formula is C22H16B2F4N4O. The maximum atomic E-state index is 15.2. The van der Waals surface area contributed by atoms with E-state index in [1.807, 2.05) is 0 Å². The molecule has 1 aliphatic heterocycles. The number of carbonyl (C=O) groups is 1. The lowest BCUT2D eigenvalue weighted by molar-refractivity contribution is 0.0727. The van der Waals surface area contributed by atoms with Crippen molar-refractivity contribution in [1.82, 2.24) is 19.7 Å². The minimum atomic E-state index is -1.17. The fourth-order valence-corrected chi connectivity index (χ4v) is 4.40. The summed E-state index contributed by atoms with van der Waals surface area (Å²) in [7, 11) is 5.05. The van der Waals surface area contributed by atoms with E-state index in [4.69, 9.17) is 0 Å². The zero-order chi connectivity index (χ0) is 23.7. The average Bonchev–Trinajstić information content (AvgIpc) is 3.24. The summed E-state index contributed by atoms with van der Waals surface area (Å²) in [4.78, 5) is 18.5. The molecule has 0 N–H and O–H groups in total. The zero-order valence-electron chi connectivity index (χ0n) is 18.0. The van der Waals surface area contributed by atoms with Gasteiger partial charge in [-0.25, -0.2) is 17.6 Å². The van der Waals surface area contributed by atoms with E-state index in [0.717, 1.165) is 18.2 Å². The van der Waals surface area contributed by atoms with Crippen LogP contribution >= 0.6 is 0 Å². The zero-order valence-corrected chi connectivity index (χ0v) is 18.0. The van der Waals surface area contributed by atoms with Crippen LogP contribution < -0.4 is 0 Å². The third-order valence-corrected chi connectivity index (χ3v) is 6.11. The lowest BCUT2D eigenvalue weighted by Gasteiger charge is -2.32. The molecule has 0 atom stereocenters. The Morgan fingerprint density at radius 3 is 2.39 bits per heavy atom. The number of nitrogens with zero attached hydrogens (tertiary/aromatic N) is 4. The smallest absolute Gasteiger partial charge is 0.255 e. The van der Waals surface area contributed by atoms with Gasteiger partial charge in [0.1, 0.15) is 32.8 Å². The van der Waals surface area contributed by atoms with E-state index < -0.39 is 28.6 Å². The Morgan fingerprint density at radius 1 is 1.03 bits per heavy atom. The summed E-state index contributed by atoms with van der Waals surface area (Å²) >= 11 is 0. The molecule has 2 aromatic heterocycles. The molecule has 1 amide bonds. The highest BCUT2D eigenvalue weighted by Crippen LogP contribution is 2.37. The first-order valence-electron chi connectivity index (χ1n) is 10.2. The number of benzene rings is 2. The van der Waals surface area contributed by atoms with Gasteiger partial charge in [0.25, 0.3) is 5.91 Å². The molecule has 33 heavy (non-hydrogen) atoms. The summed E-state index contributed by atoms with van der Waals surface area (Å²) in [6.45, 7) is -0.319. The van der Waals surface area contributed by atoms with E-state index in [2.05, 4.69) is 10.1 Å². The van der Waals surface area contributed by atoms with Gasteiger partial charge < -0.3 is 4.90 Å². The van der Waals surface area contributed by atoms with Gasteiger partial charge in [0, 0.05) is 35.7 Å². The van der Waals surface area contributed by atoms with E-state index in [1.54, 1.807) is 34.0 Å². The topological polar surface area (TPSA) is 51.0 Å². The van der Waals surface area contributed by atoms with Crippen molar-refractivity contribution < 1.29 is 22.4 Å². The summed E-state index contributed by atoms with van der Waals surface area (Å²) in [6, 6.07) is 6.26. The Bertz CT molecular complexity index is 1450. The summed E-state index contributed by atoms with van der Waals surface area (Å²) in [6.07, 6.45) is 3.01. The molecule has 0 bridgehead atoms. The first kappa shape index (κ1) is 21.2. The van der Waals surface area contributed by atoms with Crippen LogP contribution in [0.15, 0.2) is 42.7 Å². The maximum Gasteiger partial charge on any atom is 0.255 e. The van der Waals surface area contributed by atoms with Crippen molar-refractivity contribution >= 4 is 32.5 Å². The standard InChI is InChI=1S/C22H16B2F4N4O/c1-31-8-13-12(7-17(27)18(28)19(13)30-31)10-5-15(25)14(16(26)6-10)9-32-21(33)11-3-2-4-29-20(11)22(32,23)24/h2-8H,9,23-24H2,1H3. The van der Waals surface area contributed by atoms with Gasteiger partial charge in [-0.1, -0.05) is 0 Å². The number of aryl methyl sites for hydroxylation is 1. The number of rotatable bonds is 3. The fourth-order valence-electron chi connectivity index (χ4n) is 4.40. The summed E-state index contributed by atoms with van der Waals surface area (Å²) in [5.41, 5.74) is 0.525. The van der Waals surface area contributed by atoms with Gasteiger partial charge in [-0.05, 0) is 41.5 Å². The predicted molar refractivity (Wildman–Crippen MR) is 119 cm³/mol. The minimum absolute atomic E-state index is 0.0302. The van der Waals surface area contributed by atoms with Gasteiger partial charge in [0.2, 0.25) is 0 Å². The molecule has 11 heteroatoms. The first-order chi connectivity index (χ1) is 15.6. The van der Waals surface area contributed by atoms with Crippen LogP contribution in [0.3, 0.4) is 0 Å². The highest BCUT2D eigenvalue weighted by molar-refractivity contribution is 6.42. The van der Waals surface area contributed by atoms with Crippen molar-refractivity contribution in [3.8, 4) is 11.1 Å². The average molecular weight is 450 g/mol. The maximum absolute atomic E-state index is 15.2. The molecule has 0 saturated heterocycles. The van der Waals surface area contributed by atoms with Crippen LogP contribution in [0.1, 0.15) is 21.6 Å². The van der Waals surface area contributed by atoms with Crippen molar-refractivity contribution in [3.05, 3.63) is 82.8 Å². The van der Waals surface area contributed by atoms with Crippen molar-refractivity contribution in [3.63, 3.8) is 0 Å². The van der Waals surface area contributed by atoms with Crippen LogP contribution in [0, 0.1) is 23.3 Å². The summed E-state index contributed by atoms with van der Waals surface area (Å²) < 4.78 is 59.9. The van der Waals surface area contributed by atoms with Crippen molar-refractivity contribution in [2.24, 2.45) is 7.05 Å². The van der Waals surface area contributed by atoms with Crippen LogP contribution in [0.4, 0.5) is 17.6 Å². The fraction of sp³-hybridized carbons (Fsp3) is 0.136. The highest BCUT2D eigenvalue weighted by Gasteiger charge is 2.44. The van der Waals surface area contributed by atoms with E-state index in [0.29, 0.717) is 11.3 Å². The predicted octanol–water partition coefficient (Wildman–Crippen LogP) is 2.22. The van der Waals surface area contributed by atoms with Crippen LogP contribution in [0.2, 0.25) is 0 Å². The number of hydrogen-bond donors (Lipinski definition) is 0. The van der Waals surface area contributed by atoms with Gasteiger partial charge in [0.05, 0.1) is 17.8 Å². The largest absolute Gasteiger partial charge is 0.339 e. The first-order valence-corrected chi connectivity index (χ1v) is 10.2. The van der Waals surface area contributed by atoms with E-state index in [1.165, 1.54) is 22.8 Å². The molecular weight excluding hydrogens is 434 g/mol. The molecule has 5 nitrogen and oxygen atoms in total. The summed E-state index contributed by atoms with van der Waals surface area (Å²) in [5, 5.41) is 3.25. The third kappa shape index (κ3) is 3.13. The molecule has 0 saturated carbocycles. The third-order valence-electron chi connectivity index (χ3n) is 6.11. The Labute approximate surface area is 187 Å². The Morgan fingerprint density at radius 2 is 1.73 bits per heavy atom. The van der Waals surface area contributed by atoms with Gasteiger partial charge in [0.15, 0.2) is 11.6 Å². The number of aromatic nitrogens is 3. The quantitative estimate of drug-likeness (QED) is 0.356. The Hall–Kier alpha value is -3.62. The molecule has 0 unspecified atom stereocenters. The molecule has 164 valence electrons. The van der Waals surface area contributed by atoms with Crippen LogP contribution in [0.5, 0.6) is 0 Å². The number of amides is 1. The number of carbonyl (C=O) groups excluding carboxylic acids is 1. The Kier molecular flexibility index (Phi) is 4.63. The van der Waals surface area contributed by atoms with Crippen LogP contribution in [-0.2, 0) is 18.9 Å². The molecule has 0 spiro atoms. The van der Waals surface area contributed by atoms with Gasteiger partial charge >= 0.3 is 0 Å². The Balaban J connectivity index is 1.57. The monoisotopic (exact) mass is 450 g/mol. The second-order valence-electron chi connectivity index (χ2n) is 8.55. The highest BCUT2D eigenvalue weighted by atomic mass is 19.2. The molecule has 0 aliphatic carbocycles. The van der Waals surface area contributed by atoms with E-state index in [-0.39, 0.29) is 40.0 Å². The SMILES string of the molecule is BC1(B)c2ncccc2C(=O)N1Cc1c(F)cc(-c2cc(F)c(F)c3nn(C)cc23)cc1F. The number of pyridine rings is 1. The second-order valence-corrected chi connectivity index (χ2v) is 8.55. The number of halogens is 4. The van der Waals surface area contributed by atoms with E-state index >= 15 is 8.78 Å². The molecule has 0 fully saturated rings. The number of hydrogen-bond acceptors (Lipinski definition) is 3. The lowest BCUT2D eigenvalue weighted by atomic mass is 9.59. The molecule has 1 aliphatic rings. The van der Waals surface area contributed by atoms with Crippen LogP contribution in [0.25, 0.3) is 22.0 Å². The van der Waals surface area contributed by atoms with Gasteiger partial charge in [-0.2, -0.15) is 5.10 Å². The summed E-state index contributed by atoms with van der Waals surface area (Å²) in [5.74, 6) is -4.48. The molecule has 3 heterocycles. The van der Waals surface area contributed by atoms with Crippen molar-refractivity contribution in [2.75, 3.05) is 0 Å². The van der Waals surface area contributed by atoms with Gasteiger partial charge in [-0.15, -0.1) is 0 Å². The second kappa shape index (κ2) is 7.19. The lowest BCUT2D eigenvalue weighted by Crippen LogP contribution is -2.45. The number of fused-ring (bicyclic) bond motifs is 2. The van der Waals surface area contributed by atoms with Gasteiger partial charge in [-0.3, -0.25) is 14.5 Å². The molecule has 4 aromatic rings. The molecule has 5 rings (SSSR count). The van der Waals surface area contributed by atoms with Crippen molar-refractivity contribution in [1.29, 1.82) is 0 Å². The molecule has 2 aromatic carbocycles. The minimum Gasteiger partial charge on any atom is -0.339 e. The van der Waals surface area contributed by atoms with Crippen molar-refractivity contribution in [2.45, 2.75) is 11.9 Å². The van der Waals surface area contributed by atoms with E-state index in [9.17, 15) is 13.6 Å². The molecule has 0 radical (unpaired) electrons. The van der Waals surface area contributed by atoms with Crippen LogP contribution in [-0.4, -0.2) is 41.3 Å².